The van der Waals surface area contributed by atoms with Gasteiger partial charge in [-0.25, -0.2) is 0 Å². The van der Waals surface area contributed by atoms with Crippen molar-refractivity contribution >= 4 is 0 Å². The van der Waals surface area contributed by atoms with Crippen molar-refractivity contribution in [2.24, 2.45) is 11.8 Å². The number of hydrogen-bond acceptors (Lipinski definition) is 2. The summed E-state index contributed by atoms with van der Waals surface area (Å²) >= 11 is 0. The van der Waals surface area contributed by atoms with E-state index >= 15 is 0 Å². The summed E-state index contributed by atoms with van der Waals surface area (Å²) in [6.07, 6.45) is 6.64. The summed E-state index contributed by atoms with van der Waals surface area (Å²) in [5.41, 5.74) is 2.34. The van der Waals surface area contributed by atoms with Crippen LogP contribution in [-0.4, -0.2) is 11.2 Å². The summed E-state index contributed by atoms with van der Waals surface area (Å²) < 4.78 is 6.31. The Morgan fingerprint density at radius 1 is 1.10 bits per heavy atom. The predicted molar refractivity (Wildman–Crippen MR) is 80.9 cm³/mol. The Labute approximate surface area is 122 Å². The van der Waals surface area contributed by atoms with Gasteiger partial charge in [0.25, 0.3) is 0 Å². The fraction of sp³-hybridized carbons (Fsp3) is 0.667. The molecule has 110 valence electrons. The lowest BCUT2D eigenvalue weighted by molar-refractivity contribution is 0.0977. The Bertz CT molecular complexity index is 468. The van der Waals surface area contributed by atoms with Crippen LogP contribution in [0.25, 0.3) is 0 Å². The molecule has 0 heterocycles. The molecule has 1 aromatic rings. The van der Waals surface area contributed by atoms with Gasteiger partial charge >= 0.3 is 0 Å². The normalized spacial score (nSPS) is 33.5. The Kier molecular flexibility index (Phi) is 4.02. The van der Waals surface area contributed by atoms with Crippen LogP contribution >= 0.6 is 0 Å². The molecule has 0 aliphatic heterocycles. The molecular weight excluding hydrogens is 248 g/mol. The van der Waals surface area contributed by atoms with Gasteiger partial charge in [0.1, 0.15) is 5.75 Å². The summed E-state index contributed by atoms with van der Waals surface area (Å²) in [4.78, 5) is 0. The lowest BCUT2D eigenvalue weighted by Gasteiger charge is -2.33. The lowest BCUT2D eigenvalue weighted by atomic mass is 9.80. The van der Waals surface area contributed by atoms with Crippen molar-refractivity contribution in [3.05, 3.63) is 29.3 Å². The third kappa shape index (κ3) is 2.71. The Hall–Kier alpha value is -1.02. The Morgan fingerprint density at radius 3 is 2.75 bits per heavy atom. The van der Waals surface area contributed by atoms with E-state index in [9.17, 15) is 5.11 Å². The SMILES string of the molecule is CC1CCC(Oc2cccc3c2CCCC3O)CC1C. The van der Waals surface area contributed by atoms with Crippen LogP contribution in [0.3, 0.4) is 0 Å². The van der Waals surface area contributed by atoms with Gasteiger partial charge in [0.2, 0.25) is 0 Å². The molecule has 4 atom stereocenters. The van der Waals surface area contributed by atoms with Crippen molar-refractivity contribution in [1.82, 2.24) is 0 Å². The van der Waals surface area contributed by atoms with Crippen molar-refractivity contribution in [2.45, 2.75) is 64.6 Å². The molecule has 1 fully saturated rings. The number of aliphatic hydroxyl groups excluding tert-OH is 1. The molecule has 0 aromatic heterocycles. The molecule has 1 aromatic carbocycles. The van der Waals surface area contributed by atoms with Crippen LogP contribution in [0.5, 0.6) is 5.75 Å². The molecule has 2 aliphatic rings. The van der Waals surface area contributed by atoms with Gasteiger partial charge in [-0.05, 0) is 67.6 Å². The average Bonchev–Trinajstić information content (AvgIpc) is 2.44. The average molecular weight is 274 g/mol. The molecule has 4 unspecified atom stereocenters. The number of hydrogen-bond donors (Lipinski definition) is 1. The summed E-state index contributed by atoms with van der Waals surface area (Å²) in [5.74, 6) is 2.59. The summed E-state index contributed by atoms with van der Waals surface area (Å²) in [6, 6.07) is 6.16. The summed E-state index contributed by atoms with van der Waals surface area (Å²) in [6.45, 7) is 4.69. The molecule has 20 heavy (non-hydrogen) atoms. The minimum absolute atomic E-state index is 0.299. The van der Waals surface area contributed by atoms with E-state index in [1.165, 1.54) is 12.0 Å². The highest BCUT2D eigenvalue weighted by atomic mass is 16.5. The molecule has 3 rings (SSSR count). The van der Waals surface area contributed by atoms with Crippen LogP contribution in [-0.2, 0) is 6.42 Å². The van der Waals surface area contributed by atoms with Crippen molar-refractivity contribution in [3.8, 4) is 5.75 Å². The molecule has 0 saturated heterocycles. The van der Waals surface area contributed by atoms with Gasteiger partial charge in [-0.1, -0.05) is 26.0 Å². The molecule has 1 N–H and O–H groups in total. The number of aliphatic hydroxyl groups is 1. The van der Waals surface area contributed by atoms with Crippen LogP contribution < -0.4 is 4.74 Å². The lowest BCUT2D eigenvalue weighted by Crippen LogP contribution is -2.29. The van der Waals surface area contributed by atoms with E-state index in [0.29, 0.717) is 6.10 Å². The first-order valence-corrected chi connectivity index (χ1v) is 8.11. The van der Waals surface area contributed by atoms with Crippen molar-refractivity contribution in [1.29, 1.82) is 0 Å². The Morgan fingerprint density at radius 2 is 1.95 bits per heavy atom. The van der Waals surface area contributed by atoms with E-state index in [1.807, 2.05) is 6.07 Å². The highest BCUT2D eigenvalue weighted by Crippen LogP contribution is 2.37. The third-order valence-corrected chi connectivity index (χ3v) is 5.28. The second-order valence-corrected chi connectivity index (χ2v) is 6.74. The fourth-order valence-electron chi connectivity index (χ4n) is 3.69. The zero-order chi connectivity index (χ0) is 14.1. The Balaban J connectivity index is 1.76. The first-order chi connectivity index (χ1) is 9.65. The zero-order valence-electron chi connectivity index (χ0n) is 12.6. The molecule has 0 amide bonds. The molecule has 0 spiro atoms. The van der Waals surface area contributed by atoms with Gasteiger partial charge in [-0.2, -0.15) is 0 Å². The minimum atomic E-state index is -0.299. The van der Waals surface area contributed by atoms with Crippen LogP contribution in [0.2, 0.25) is 0 Å². The number of fused-ring (bicyclic) bond motifs is 1. The first-order valence-electron chi connectivity index (χ1n) is 8.11. The van der Waals surface area contributed by atoms with Gasteiger partial charge in [0.15, 0.2) is 0 Å². The van der Waals surface area contributed by atoms with Gasteiger partial charge < -0.3 is 9.84 Å². The van der Waals surface area contributed by atoms with Crippen LogP contribution in [0.15, 0.2) is 18.2 Å². The van der Waals surface area contributed by atoms with Crippen molar-refractivity contribution in [3.63, 3.8) is 0 Å². The van der Waals surface area contributed by atoms with Crippen molar-refractivity contribution in [2.75, 3.05) is 0 Å². The van der Waals surface area contributed by atoms with E-state index in [2.05, 4.69) is 26.0 Å². The molecule has 2 aliphatic carbocycles. The second-order valence-electron chi connectivity index (χ2n) is 6.74. The third-order valence-electron chi connectivity index (χ3n) is 5.28. The van der Waals surface area contributed by atoms with E-state index in [0.717, 1.165) is 55.3 Å². The van der Waals surface area contributed by atoms with Gasteiger partial charge in [0.05, 0.1) is 12.2 Å². The monoisotopic (exact) mass is 274 g/mol. The molecule has 0 radical (unpaired) electrons. The topological polar surface area (TPSA) is 29.5 Å². The molecular formula is C18H26O2. The largest absolute Gasteiger partial charge is 0.490 e. The maximum Gasteiger partial charge on any atom is 0.123 e. The van der Waals surface area contributed by atoms with Gasteiger partial charge in [-0.15, -0.1) is 0 Å². The minimum Gasteiger partial charge on any atom is -0.490 e. The number of rotatable bonds is 2. The highest BCUT2D eigenvalue weighted by molar-refractivity contribution is 5.43. The summed E-state index contributed by atoms with van der Waals surface area (Å²) in [7, 11) is 0. The maximum absolute atomic E-state index is 10.1. The van der Waals surface area contributed by atoms with E-state index in [4.69, 9.17) is 4.74 Å². The van der Waals surface area contributed by atoms with Gasteiger partial charge in [0, 0.05) is 0 Å². The molecule has 2 heteroatoms. The molecule has 1 saturated carbocycles. The maximum atomic E-state index is 10.1. The number of benzene rings is 1. The van der Waals surface area contributed by atoms with Crippen molar-refractivity contribution < 1.29 is 9.84 Å². The first kappa shape index (κ1) is 13.9. The smallest absolute Gasteiger partial charge is 0.123 e. The fourth-order valence-corrected chi connectivity index (χ4v) is 3.69. The second kappa shape index (κ2) is 5.77. The van der Waals surface area contributed by atoms with Crippen LogP contribution in [0, 0.1) is 11.8 Å². The van der Waals surface area contributed by atoms with Gasteiger partial charge in [-0.3, -0.25) is 0 Å². The standard InChI is InChI=1S/C18H26O2/c1-12-9-10-14(11-13(12)2)20-18-8-4-5-15-16(18)6-3-7-17(15)19/h4-5,8,12-14,17,19H,3,6-7,9-11H2,1-2H3. The zero-order valence-corrected chi connectivity index (χ0v) is 12.6. The summed E-state index contributed by atoms with van der Waals surface area (Å²) in [5, 5.41) is 10.1. The van der Waals surface area contributed by atoms with Crippen LogP contribution in [0.4, 0.5) is 0 Å². The quantitative estimate of drug-likeness (QED) is 0.873. The molecule has 2 nitrogen and oxygen atoms in total. The van der Waals surface area contributed by atoms with E-state index in [1.54, 1.807) is 0 Å². The van der Waals surface area contributed by atoms with Crippen LogP contribution in [0.1, 0.15) is 63.2 Å². The van der Waals surface area contributed by atoms with E-state index in [-0.39, 0.29) is 6.10 Å². The highest BCUT2D eigenvalue weighted by Gasteiger charge is 2.27. The predicted octanol–water partition coefficient (Wildman–Crippen LogP) is 4.26. The number of ether oxygens (including phenoxy) is 1. The molecule has 0 bridgehead atoms. The van der Waals surface area contributed by atoms with E-state index < -0.39 is 0 Å².